The molecule has 0 spiro atoms. The van der Waals surface area contributed by atoms with Gasteiger partial charge in [-0.05, 0) is 25.7 Å². The summed E-state index contributed by atoms with van der Waals surface area (Å²) in [5, 5.41) is 14.0. The van der Waals surface area contributed by atoms with Gasteiger partial charge in [-0.2, -0.15) is 0 Å². The summed E-state index contributed by atoms with van der Waals surface area (Å²) in [7, 11) is 0. The number of carboxylic acid groups (broad SMARTS) is 1. The molecule has 0 aliphatic rings. The zero-order valence-corrected chi connectivity index (χ0v) is 17.9. The van der Waals surface area contributed by atoms with Gasteiger partial charge in [0, 0.05) is 19.5 Å². The Labute approximate surface area is 182 Å². The van der Waals surface area contributed by atoms with Gasteiger partial charge in [0.1, 0.15) is 6.17 Å². The Morgan fingerprint density at radius 1 is 0.806 bits per heavy atom. The molecule has 0 fully saturated rings. The van der Waals surface area contributed by atoms with Gasteiger partial charge in [0.25, 0.3) is 0 Å². The third-order valence-corrected chi connectivity index (χ3v) is 4.19. The van der Waals surface area contributed by atoms with Crippen molar-refractivity contribution in [2.45, 2.75) is 70.0 Å². The van der Waals surface area contributed by atoms with Crippen molar-refractivity contribution >= 4 is 29.7 Å². The quantitative estimate of drug-likeness (QED) is 0.0535. The Balaban J connectivity index is 4.25. The first kappa shape index (κ1) is 27.9. The van der Waals surface area contributed by atoms with Crippen molar-refractivity contribution in [3.05, 3.63) is 0 Å². The maximum atomic E-state index is 12.2. The SMILES string of the molecule is NC(N)=NCCCCCCCC(=O)N[C@@H](CC(=O)O)NC(=O)[C@@H](N)CCCN=C(N)N. The van der Waals surface area contributed by atoms with E-state index in [4.69, 9.17) is 33.8 Å². The van der Waals surface area contributed by atoms with Crippen LogP contribution in [0, 0.1) is 0 Å². The van der Waals surface area contributed by atoms with Crippen LogP contribution in [0.25, 0.3) is 0 Å². The molecule has 0 aromatic heterocycles. The molecule has 0 saturated carbocycles. The smallest absolute Gasteiger partial charge is 0.307 e. The zero-order valence-electron chi connectivity index (χ0n) is 17.9. The van der Waals surface area contributed by atoms with Gasteiger partial charge in [0.2, 0.25) is 11.8 Å². The molecule has 0 unspecified atom stereocenters. The van der Waals surface area contributed by atoms with Gasteiger partial charge in [-0.25, -0.2) is 0 Å². The van der Waals surface area contributed by atoms with Crippen LogP contribution in [0.3, 0.4) is 0 Å². The van der Waals surface area contributed by atoms with Gasteiger partial charge in [-0.15, -0.1) is 0 Å². The molecule has 0 radical (unpaired) electrons. The summed E-state index contributed by atoms with van der Waals surface area (Å²) in [6, 6.07) is -0.874. The standard InChI is InChI=1S/C18H37N9O4/c19-12(7-6-10-25-18(22)23)16(31)27-13(11-15(29)30)26-14(28)8-4-2-1-3-5-9-24-17(20)21/h12-13H,1-11,19H2,(H,26,28)(H,27,31)(H,29,30)(H4,20,21,24)(H4,22,23,25)/t12-,13+/m0/s1. The van der Waals surface area contributed by atoms with Crippen LogP contribution in [-0.2, 0) is 14.4 Å². The number of carboxylic acids is 1. The maximum Gasteiger partial charge on any atom is 0.307 e. The van der Waals surface area contributed by atoms with E-state index in [1.165, 1.54) is 0 Å². The van der Waals surface area contributed by atoms with Crippen molar-refractivity contribution in [1.82, 2.24) is 10.6 Å². The van der Waals surface area contributed by atoms with E-state index >= 15 is 0 Å². The lowest BCUT2D eigenvalue weighted by molar-refractivity contribution is -0.138. The third-order valence-electron chi connectivity index (χ3n) is 4.19. The van der Waals surface area contributed by atoms with Gasteiger partial charge in [-0.1, -0.05) is 19.3 Å². The van der Waals surface area contributed by atoms with Crippen molar-refractivity contribution in [1.29, 1.82) is 0 Å². The molecule has 13 N–H and O–H groups in total. The zero-order chi connectivity index (χ0) is 23.6. The van der Waals surface area contributed by atoms with Crippen molar-refractivity contribution in [3.8, 4) is 0 Å². The number of aliphatic imine (C=N–C) groups is 2. The molecule has 0 heterocycles. The lowest BCUT2D eigenvalue weighted by atomic mass is 10.1. The van der Waals surface area contributed by atoms with Crippen LogP contribution in [0.1, 0.15) is 57.8 Å². The molecule has 0 aromatic rings. The minimum Gasteiger partial charge on any atom is -0.481 e. The summed E-state index contributed by atoms with van der Waals surface area (Å²) in [6.07, 6.45) is 3.73. The lowest BCUT2D eigenvalue weighted by Crippen LogP contribution is -2.53. The van der Waals surface area contributed by atoms with E-state index in [-0.39, 0.29) is 24.2 Å². The largest absolute Gasteiger partial charge is 0.481 e. The highest BCUT2D eigenvalue weighted by Crippen LogP contribution is 2.06. The summed E-state index contributed by atoms with van der Waals surface area (Å²) < 4.78 is 0. The number of nitrogens with one attached hydrogen (secondary N) is 2. The molecule has 13 nitrogen and oxygen atoms in total. The van der Waals surface area contributed by atoms with E-state index in [0.29, 0.717) is 32.4 Å². The highest BCUT2D eigenvalue weighted by Gasteiger charge is 2.21. The van der Waals surface area contributed by atoms with E-state index in [1.807, 2.05) is 0 Å². The summed E-state index contributed by atoms with van der Waals surface area (Å²) in [5.74, 6) is -2.03. The summed E-state index contributed by atoms with van der Waals surface area (Å²) in [5.41, 5.74) is 26.7. The Morgan fingerprint density at radius 2 is 1.35 bits per heavy atom. The van der Waals surface area contributed by atoms with E-state index in [1.54, 1.807) is 0 Å². The second-order valence-electron chi connectivity index (χ2n) is 7.11. The molecule has 0 bridgehead atoms. The maximum absolute atomic E-state index is 12.2. The second-order valence-corrected chi connectivity index (χ2v) is 7.11. The number of nitrogens with zero attached hydrogens (tertiary/aromatic N) is 2. The fourth-order valence-corrected chi connectivity index (χ4v) is 2.64. The van der Waals surface area contributed by atoms with Crippen LogP contribution in [0.15, 0.2) is 9.98 Å². The molecule has 0 saturated heterocycles. The number of hydrogen-bond donors (Lipinski definition) is 8. The number of hydrogen-bond acceptors (Lipinski definition) is 6. The fraction of sp³-hybridized carbons (Fsp3) is 0.722. The molecule has 2 amide bonds. The van der Waals surface area contributed by atoms with E-state index in [9.17, 15) is 14.4 Å². The van der Waals surface area contributed by atoms with E-state index in [2.05, 4.69) is 20.6 Å². The number of carbonyl (C=O) groups excluding carboxylic acids is 2. The van der Waals surface area contributed by atoms with Crippen LogP contribution < -0.4 is 39.3 Å². The minimum absolute atomic E-state index is 0.0480. The molecule has 0 rings (SSSR count). The van der Waals surface area contributed by atoms with Gasteiger partial charge < -0.3 is 44.4 Å². The number of nitrogens with two attached hydrogens (primary N) is 5. The molecular formula is C18H37N9O4. The summed E-state index contributed by atoms with van der Waals surface area (Å²) in [6.45, 7) is 0.905. The predicted octanol–water partition coefficient (Wildman–Crippen LogP) is -1.99. The average Bonchev–Trinajstić information content (AvgIpc) is 2.66. The van der Waals surface area contributed by atoms with Crippen molar-refractivity contribution < 1.29 is 19.5 Å². The fourth-order valence-electron chi connectivity index (χ4n) is 2.64. The number of amides is 2. The van der Waals surface area contributed by atoms with Gasteiger partial charge in [-0.3, -0.25) is 24.4 Å². The molecule has 0 aliphatic carbocycles. The first-order chi connectivity index (χ1) is 14.6. The topological polar surface area (TPSA) is 250 Å². The van der Waals surface area contributed by atoms with Crippen molar-refractivity contribution in [2.24, 2.45) is 38.7 Å². The monoisotopic (exact) mass is 443 g/mol. The molecular weight excluding hydrogens is 406 g/mol. The number of carbonyl (C=O) groups is 3. The Bertz CT molecular complexity index is 617. The van der Waals surface area contributed by atoms with E-state index in [0.717, 1.165) is 25.7 Å². The van der Waals surface area contributed by atoms with Crippen LogP contribution in [0.5, 0.6) is 0 Å². The average molecular weight is 444 g/mol. The first-order valence-electron chi connectivity index (χ1n) is 10.3. The molecule has 178 valence electrons. The molecule has 2 atom stereocenters. The van der Waals surface area contributed by atoms with Crippen LogP contribution in [0.2, 0.25) is 0 Å². The Morgan fingerprint density at radius 3 is 1.94 bits per heavy atom. The summed E-state index contributed by atoms with van der Waals surface area (Å²) in [4.78, 5) is 43.0. The Hall–Kier alpha value is -3.09. The van der Waals surface area contributed by atoms with Crippen LogP contribution in [0.4, 0.5) is 0 Å². The van der Waals surface area contributed by atoms with Gasteiger partial charge in [0.05, 0.1) is 12.5 Å². The lowest BCUT2D eigenvalue weighted by Gasteiger charge is -2.21. The summed E-state index contributed by atoms with van der Waals surface area (Å²) >= 11 is 0. The normalized spacial score (nSPS) is 12.3. The second kappa shape index (κ2) is 16.7. The van der Waals surface area contributed by atoms with Gasteiger partial charge in [0.15, 0.2) is 11.9 Å². The van der Waals surface area contributed by atoms with Crippen LogP contribution >= 0.6 is 0 Å². The first-order valence-corrected chi connectivity index (χ1v) is 10.3. The number of unbranched alkanes of at least 4 members (excludes halogenated alkanes) is 4. The molecule has 31 heavy (non-hydrogen) atoms. The number of aliphatic carboxylic acids is 1. The highest BCUT2D eigenvalue weighted by atomic mass is 16.4. The minimum atomic E-state index is -1.16. The highest BCUT2D eigenvalue weighted by molar-refractivity contribution is 5.84. The molecule has 13 heteroatoms. The number of rotatable bonds is 17. The molecule has 0 aromatic carbocycles. The van der Waals surface area contributed by atoms with Gasteiger partial charge >= 0.3 is 5.97 Å². The number of guanidine groups is 2. The third kappa shape index (κ3) is 17.5. The predicted molar refractivity (Wildman–Crippen MR) is 119 cm³/mol. The van der Waals surface area contributed by atoms with E-state index < -0.39 is 30.5 Å². The molecule has 0 aliphatic heterocycles. The Kier molecular flexibility index (Phi) is 15.0. The van der Waals surface area contributed by atoms with Crippen molar-refractivity contribution in [2.75, 3.05) is 13.1 Å². The van der Waals surface area contributed by atoms with Crippen LogP contribution in [-0.4, -0.2) is 60.1 Å². The van der Waals surface area contributed by atoms with Crippen molar-refractivity contribution in [3.63, 3.8) is 0 Å².